The molecule has 108 valence electrons. The van der Waals surface area contributed by atoms with Crippen molar-refractivity contribution in [2.75, 3.05) is 5.32 Å². The number of hydrogen-bond donors (Lipinski definition) is 1. The van der Waals surface area contributed by atoms with E-state index in [1.807, 2.05) is 36.4 Å². The highest BCUT2D eigenvalue weighted by atomic mass is 35.5. The fourth-order valence-corrected chi connectivity index (χ4v) is 2.83. The fraction of sp³-hybridized carbons (Fsp3) is 0.222. The van der Waals surface area contributed by atoms with Gasteiger partial charge in [0, 0.05) is 21.7 Å². The minimum atomic E-state index is 0.0783. The third-order valence-corrected chi connectivity index (χ3v) is 4.08. The lowest BCUT2D eigenvalue weighted by atomic mass is 10.1. The number of benzene rings is 2. The lowest BCUT2D eigenvalue weighted by Gasteiger charge is -2.16. The average molecular weight is 300 g/mol. The first-order valence-electron chi connectivity index (χ1n) is 7.07. The summed E-state index contributed by atoms with van der Waals surface area (Å²) in [5, 5.41) is 5.39. The van der Waals surface area contributed by atoms with E-state index in [9.17, 15) is 0 Å². The van der Waals surface area contributed by atoms with Crippen LogP contribution in [0.1, 0.15) is 29.9 Å². The van der Waals surface area contributed by atoms with Gasteiger partial charge in [-0.3, -0.25) is 0 Å². The summed E-state index contributed by atoms with van der Waals surface area (Å²) in [5.41, 5.74) is 4.32. The Morgan fingerprint density at radius 3 is 2.62 bits per heavy atom. The van der Waals surface area contributed by atoms with Gasteiger partial charge in [-0.25, -0.2) is 0 Å². The molecule has 2 nitrogen and oxygen atoms in total. The van der Waals surface area contributed by atoms with Gasteiger partial charge in [0.1, 0.15) is 11.3 Å². The van der Waals surface area contributed by atoms with Crippen LogP contribution in [0.25, 0.3) is 11.0 Å². The molecule has 0 spiro atoms. The summed E-state index contributed by atoms with van der Waals surface area (Å²) in [5.74, 6) is 0.968. The minimum absolute atomic E-state index is 0.0783. The maximum absolute atomic E-state index is 6.08. The molecule has 1 heterocycles. The highest BCUT2D eigenvalue weighted by Gasteiger charge is 2.16. The number of anilines is 1. The van der Waals surface area contributed by atoms with Gasteiger partial charge >= 0.3 is 0 Å². The lowest BCUT2D eigenvalue weighted by molar-refractivity contribution is 0.522. The molecule has 3 heteroatoms. The Morgan fingerprint density at radius 1 is 1.10 bits per heavy atom. The SMILES string of the molecule is Cc1ccc(Cl)cc1NC(C)c1oc2ccccc2c1C. The number of hydrogen-bond acceptors (Lipinski definition) is 2. The highest BCUT2D eigenvalue weighted by molar-refractivity contribution is 6.30. The van der Waals surface area contributed by atoms with E-state index in [0.717, 1.165) is 22.1 Å². The molecule has 0 bridgehead atoms. The summed E-state index contributed by atoms with van der Waals surface area (Å²) in [7, 11) is 0. The van der Waals surface area contributed by atoms with Crippen LogP contribution in [0.15, 0.2) is 46.9 Å². The second-order valence-electron chi connectivity index (χ2n) is 5.41. The van der Waals surface area contributed by atoms with E-state index in [2.05, 4.69) is 32.2 Å². The van der Waals surface area contributed by atoms with Crippen molar-refractivity contribution in [3.05, 3.63) is 64.4 Å². The van der Waals surface area contributed by atoms with Crippen molar-refractivity contribution in [3.63, 3.8) is 0 Å². The van der Waals surface area contributed by atoms with Crippen LogP contribution in [-0.4, -0.2) is 0 Å². The fourth-order valence-electron chi connectivity index (χ4n) is 2.65. The monoisotopic (exact) mass is 299 g/mol. The Hall–Kier alpha value is -1.93. The number of aryl methyl sites for hydroxylation is 2. The normalized spacial score (nSPS) is 12.6. The maximum atomic E-state index is 6.08. The molecule has 1 aromatic heterocycles. The summed E-state index contributed by atoms with van der Waals surface area (Å²) in [4.78, 5) is 0. The summed E-state index contributed by atoms with van der Waals surface area (Å²) < 4.78 is 6.01. The minimum Gasteiger partial charge on any atom is -0.459 e. The Labute approximate surface area is 129 Å². The second kappa shape index (κ2) is 5.45. The molecule has 2 aromatic carbocycles. The Kier molecular flexibility index (Phi) is 3.64. The number of halogens is 1. The van der Waals surface area contributed by atoms with Crippen LogP contribution in [0.2, 0.25) is 5.02 Å². The average Bonchev–Trinajstić information content (AvgIpc) is 2.81. The molecule has 0 saturated heterocycles. The number of furan rings is 1. The zero-order valence-electron chi connectivity index (χ0n) is 12.4. The highest BCUT2D eigenvalue weighted by Crippen LogP contribution is 2.32. The molecular formula is C18H18ClNO. The molecule has 0 aliphatic carbocycles. The summed E-state index contributed by atoms with van der Waals surface area (Å²) >= 11 is 6.08. The van der Waals surface area contributed by atoms with Crippen LogP contribution < -0.4 is 5.32 Å². The Balaban J connectivity index is 1.95. The molecule has 21 heavy (non-hydrogen) atoms. The van der Waals surface area contributed by atoms with Gasteiger partial charge in [0.05, 0.1) is 6.04 Å². The van der Waals surface area contributed by atoms with Crippen molar-refractivity contribution in [2.24, 2.45) is 0 Å². The predicted octanol–water partition coefficient (Wildman–Crippen LogP) is 5.88. The molecule has 1 N–H and O–H groups in total. The van der Waals surface area contributed by atoms with Crippen molar-refractivity contribution >= 4 is 28.3 Å². The van der Waals surface area contributed by atoms with Gasteiger partial charge in [-0.15, -0.1) is 0 Å². The van der Waals surface area contributed by atoms with Crippen molar-refractivity contribution < 1.29 is 4.42 Å². The zero-order valence-corrected chi connectivity index (χ0v) is 13.2. The third kappa shape index (κ3) is 2.64. The first-order chi connectivity index (χ1) is 10.1. The van der Waals surface area contributed by atoms with E-state index in [-0.39, 0.29) is 6.04 Å². The van der Waals surface area contributed by atoms with Gasteiger partial charge in [-0.05, 0) is 44.5 Å². The predicted molar refractivity (Wildman–Crippen MR) is 89.2 cm³/mol. The smallest absolute Gasteiger partial charge is 0.134 e. The first-order valence-corrected chi connectivity index (χ1v) is 7.45. The molecular weight excluding hydrogens is 282 g/mol. The van der Waals surface area contributed by atoms with Crippen LogP contribution in [0.4, 0.5) is 5.69 Å². The Bertz CT molecular complexity index is 791. The van der Waals surface area contributed by atoms with Gasteiger partial charge < -0.3 is 9.73 Å². The van der Waals surface area contributed by atoms with Crippen LogP contribution in [0.3, 0.4) is 0 Å². The van der Waals surface area contributed by atoms with Crippen molar-refractivity contribution in [1.82, 2.24) is 0 Å². The largest absolute Gasteiger partial charge is 0.459 e. The van der Waals surface area contributed by atoms with E-state index in [0.29, 0.717) is 0 Å². The summed E-state index contributed by atoms with van der Waals surface area (Å²) in [6, 6.07) is 14.1. The number of para-hydroxylation sites is 1. The van der Waals surface area contributed by atoms with Crippen LogP contribution in [-0.2, 0) is 0 Å². The molecule has 3 rings (SSSR count). The molecule has 0 saturated carbocycles. The molecule has 0 aliphatic heterocycles. The van der Waals surface area contributed by atoms with Gasteiger partial charge in [0.15, 0.2) is 0 Å². The van der Waals surface area contributed by atoms with E-state index in [1.165, 1.54) is 16.5 Å². The van der Waals surface area contributed by atoms with E-state index in [1.54, 1.807) is 0 Å². The quantitative estimate of drug-likeness (QED) is 0.653. The third-order valence-electron chi connectivity index (χ3n) is 3.85. The number of rotatable bonds is 3. The van der Waals surface area contributed by atoms with Crippen molar-refractivity contribution in [2.45, 2.75) is 26.8 Å². The molecule has 1 atom stereocenters. The molecule has 0 aliphatic rings. The summed E-state index contributed by atoms with van der Waals surface area (Å²) in [6.07, 6.45) is 0. The van der Waals surface area contributed by atoms with E-state index in [4.69, 9.17) is 16.0 Å². The summed E-state index contributed by atoms with van der Waals surface area (Å²) in [6.45, 7) is 6.27. The molecule has 3 aromatic rings. The topological polar surface area (TPSA) is 25.2 Å². The molecule has 0 fully saturated rings. The first kappa shape index (κ1) is 14.0. The maximum Gasteiger partial charge on any atom is 0.134 e. The molecule has 0 amide bonds. The van der Waals surface area contributed by atoms with E-state index < -0.39 is 0 Å². The van der Waals surface area contributed by atoms with Gasteiger partial charge in [0.25, 0.3) is 0 Å². The number of nitrogens with one attached hydrogen (secondary N) is 1. The standard InChI is InChI=1S/C18H18ClNO/c1-11-8-9-14(19)10-16(11)20-13(3)18-12(2)15-6-4-5-7-17(15)21-18/h4-10,13,20H,1-3H3. The Morgan fingerprint density at radius 2 is 1.86 bits per heavy atom. The van der Waals surface area contributed by atoms with Gasteiger partial charge in [-0.1, -0.05) is 35.9 Å². The van der Waals surface area contributed by atoms with Gasteiger partial charge in [-0.2, -0.15) is 0 Å². The van der Waals surface area contributed by atoms with Gasteiger partial charge in [0.2, 0.25) is 0 Å². The number of fused-ring (bicyclic) bond motifs is 1. The molecule has 0 radical (unpaired) electrons. The second-order valence-corrected chi connectivity index (χ2v) is 5.85. The van der Waals surface area contributed by atoms with Crippen molar-refractivity contribution in [3.8, 4) is 0 Å². The van der Waals surface area contributed by atoms with Crippen LogP contribution in [0.5, 0.6) is 0 Å². The van der Waals surface area contributed by atoms with Crippen LogP contribution >= 0.6 is 11.6 Å². The van der Waals surface area contributed by atoms with Crippen molar-refractivity contribution in [1.29, 1.82) is 0 Å². The van der Waals surface area contributed by atoms with Crippen LogP contribution in [0, 0.1) is 13.8 Å². The lowest BCUT2D eigenvalue weighted by Crippen LogP contribution is -2.07. The molecule has 1 unspecified atom stereocenters. The van der Waals surface area contributed by atoms with E-state index >= 15 is 0 Å². The zero-order chi connectivity index (χ0) is 15.0.